The quantitative estimate of drug-likeness (QED) is 0.0619. The van der Waals surface area contributed by atoms with Gasteiger partial charge in [0.1, 0.15) is 151 Å². The highest BCUT2D eigenvalue weighted by Crippen LogP contribution is 2.62. The maximum Gasteiger partial charge on any atom is 0.204 e. The minimum atomic E-state index is -0.577. The Morgan fingerprint density at radius 3 is 0.875 bits per heavy atom. The van der Waals surface area contributed by atoms with Crippen molar-refractivity contribution in [3.63, 3.8) is 0 Å². The SMILES string of the molecule is Cc1ccc(-c2coc3c4c(c(CC5OC5(C)C)c(O)c3c2=O)OC(C)(C)C2OC42)cc1.Cc1ccc(-c2coc3c4c(c(CC5OC5(C)C)c(O)c3c2=O)OC(C)(C)C2OC42)cc1O.Cc1ccc(-c2coc3c4c(c(CC5OC5(C)C)c(O)c3c2=O)OC(C)(C)C=C4)cc1.Cc1ccc(-c2coc3c4c(c(CC5OC5(C)C)c(O)c3c2=O)OC(C)(C)C=C4)cc1O. The van der Waals surface area contributed by atoms with Gasteiger partial charge in [-0.25, -0.2) is 0 Å². The van der Waals surface area contributed by atoms with Crippen LogP contribution in [0.1, 0.15) is 190 Å². The van der Waals surface area contributed by atoms with E-state index in [1.165, 1.54) is 37.2 Å². The fourth-order valence-corrected chi connectivity index (χ4v) is 18.2. The highest BCUT2D eigenvalue weighted by Gasteiger charge is 2.62. The lowest BCUT2D eigenvalue weighted by molar-refractivity contribution is 0.0708. The molecule has 0 aliphatic carbocycles. The molecule has 24 nitrogen and oxygen atoms in total. The summed E-state index contributed by atoms with van der Waals surface area (Å²) in [5, 5.41) is 66.2. The van der Waals surface area contributed by atoms with Crippen LogP contribution in [0.15, 0.2) is 159 Å². The summed E-state index contributed by atoms with van der Waals surface area (Å²) in [7, 11) is 0. The van der Waals surface area contributed by atoms with Crippen LogP contribution in [0.5, 0.6) is 57.5 Å². The van der Waals surface area contributed by atoms with Crippen molar-refractivity contribution in [1.82, 2.24) is 0 Å². The van der Waals surface area contributed by atoms with E-state index in [9.17, 15) is 49.8 Å². The largest absolute Gasteiger partial charge is 0.508 e. The average Bonchev–Trinajstić information content (AvgIpc) is 1.53. The van der Waals surface area contributed by atoms with Crippen molar-refractivity contribution in [3.8, 4) is 102 Å². The van der Waals surface area contributed by atoms with Gasteiger partial charge in [-0.05, 0) is 208 Å². The molecule has 8 aromatic carbocycles. The molecule has 12 aromatic rings. The van der Waals surface area contributed by atoms with E-state index in [0.29, 0.717) is 138 Å². The summed E-state index contributed by atoms with van der Waals surface area (Å²) >= 11 is 0. The number of aromatic hydroxyl groups is 6. The van der Waals surface area contributed by atoms with E-state index >= 15 is 0 Å². The standard InChI is InChI=1S/C26H26O7.2C26H26O6.C26H26O5/c1-11-6-7-12(8-15(11)27)14-10-30-22-17(20(14)29)19(28)13(9-16-25(2,3)32-16)21-18(22)23-24(31-23)26(4,5)33-21;1-12-6-8-13(9-7-12)15-11-29-22-17(20(15)28)19(27)14(10-16-25(2,3)31-16)21-18(22)23-24(30-23)26(4,5)32-21;1-13-6-7-14(10-18(13)27)17-12-30-24-15-8-9-25(2,3)32-23(15)16(11-19-26(4,5)31-19)21(28)20(24)22(17)29;1-14-6-8-15(9-7-14)18-13-29-24-16-10-11-25(2,3)31-23(16)17(12-19-26(4,5)30-19)21(27)20(24)22(18)28/h6-8,10,16,23-24,27-28H,9H2,1-5H3;6-9,11,16,23-24,27H,10H2,1-5H3;6-10,12,19,27-28H,11H2,1-5H3;6-11,13,19,27H,12H2,1-5H3. The molecule has 14 heterocycles. The Labute approximate surface area is 737 Å². The van der Waals surface area contributed by atoms with Gasteiger partial charge >= 0.3 is 0 Å². The second-order valence-corrected chi connectivity index (χ2v) is 39.8. The van der Waals surface area contributed by atoms with Gasteiger partial charge in [0.2, 0.25) is 21.7 Å². The van der Waals surface area contributed by atoms with Crippen molar-refractivity contribution in [2.24, 2.45) is 0 Å². The molecule has 664 valence electrons. The van der Waals surface area contributed by atoms with Crippen LogP contribution < -0.4 is 40.7 Å². The number of phenolic OH excluding ortho intramolecular Hbond substituents is 6. The van der Waals surface area contributed by atoms with Gasteiger partial charge in [0.05, 0.1) is 91.3 Å². The molecule has 22 rings (SSSR count). The molecule has 6 saturated heterocycles. The zero-order valence-electron chi connectivity index (χ0n) is 75.2. The monoisotopic (exact) mass is 1740 g/mol. The van der Waals surface area contributed by atoms with Crippen LogP contribution in [-0.2, 0) is 54.1 Å². The fraction of sp³-hybridized carbons (Fsp3) is 0.385. The summed E-state index contributed by atoms with van der Waals surface area (Å²) in [5.74, 6) is 1.81. The van der Waals surface area contributed by atoms with Crippen molar-refractivity contribution < 1.29 is 95.7 Å². The second kappa shape index (κ2) is 29.2. The van der Waals surface area contributed by atoms with Crippen LogP contribution in [0.25, 0.3) is 101 Å². The first-order valence-electron chi connectivity index (χ1n) is 43.4. The average molecular weight is 1740 g/mol. The lowest BCUT2D eigenvalue weighted by Gasteiger charge is -2.31. The predicted molar refractivity (Wildman–Crippen MR) is 483 cm³/mol. The summed E-state index contributed by atoms with van der Waals surface area (Å²) in [6.45, 7) is 39.1. The predicted octanol–water partition coefficient (Wildman–Crippen LogP) is 19.8. The first-order chi connectivity index (χ1) is 60.1. The lowest BCUT2D eigenvalue weighted by Crippen LogP contribution is -2.38. The molecule has 0 spiro atoms. The minimum absolute atomic E-state index is 0.0510. The first kappa shape index (κ1) is 85.3. The number of ether oxygens (including phenoxy) is 10. The van der Waals surface area contributed by atoms with Crippen molar-refractivity contribution in [2.45, 2.75) is 258 Å². The van der Waals surface area contributed by atoms with E-state index < -0.39 is 22.4 Å². The number of fused-ring (bicyclic) bond motifs is 16. The van der Waals surface area contributed by atoms with Crippen LogP contribution in [0.2, 0.25) is 0 Å². The van der Waals surface area contributed by atoms with Gasteiger partial charge in [-0.1, -0.05) is 83.9 Å². The third-order valence-electron chi connectivity index (χ3n) is 26.8. The summed E-state index contributed by atoms with van der Waals surface area (Å²) in [6.07, 6.45) is 14.0. The van der Waals surface area contributed by atoms with E-state index in [1.54, 1.807) is 38.1 Å². The van der Waals surface area contributed by atoms with Crippen molar-refractivity contribution in [2.75, 3.05) is 0 Å². The molecule has 0 radical (unpaired) electrons. The number of phenols is 6. The molecule has 8 atom stereocenters. The molecule has 8 unspecified atom stereocenters. The zero-order chi connectivity index (χ0) is 91.2. The third kappa shape index (κ3) is 14.7. The highest BCUT2D eigenvalue weighted by molar-refractivity contribution is 6.00. The van der Waals surface area contributed by atoms with Gasteiger partial charge in [-0.15, -0.1) is 0 Å². The number of hydrogen-bond donors (Lipinski definition) is 6. The molecule has 10 aliphatic heterocycles. The molecule has 6 N–H and O–H groups in total. The molecule has 0 saturated carbocycles. The van der Waals surface area contributed by atoms with Gasteiger partial charge in [0, 0.05) is 47.9 Å². The maximum absolute atomic E-state index is 13.6. The highest BCUT2D eigenvalue weighted by atomic mass is 16.7. The Bertz CT molecular complexity index is 7060. The topological polar surface area (TPSA) is 354 Å². The van der Waals surface area contributed by atoms with E-state index in [1.807, 2.05) is 197 Å². The zero-order valence-corrected chi connectivity index (χ0v) is 75.2. The molecule has 6 fully saturated rings. The summed E-state index contributed by atoms with van der Waals surface area (Å²) in [4.78, 5) is 54.3. The van der Waals surface area contributed by atoms with Crippen molar-refractivity contribution in [3.05, 3.63) is 230 Å². The molecule has 0 amide bonds. The van der Waals surface area contributed by atoms with E-state index in [0.717, 1.165) is 22.3 Å². The lowest BCUT2D eigenvalue weighted by atomic mass is 9.88. The van der Waals surface area contributed by atoms with Crippen LogP contribution in [0, 0.1) is 27.7 Å². The molecule has 4 aromatic heterocycles. The van der Waals surface area contributed by atoms with Gasteiger partial charge in [-0.3, -0.25) is 19.2 Å². The third-order valence-corrected chi connectivity index (χ3v) is 26.8. The van der Waals surface area contributed by atoms with Crippen molar-refractivity contribution >= 4 is 56.0 Å². The molecule has 10 aliphatic rings. The van der Waals surface area contributed by atoms with E-state index in [4.69, 9.17) is 65.0 Å². The molecule has 128 heavy (non-hydrogen) atoms. The summed E-state index contributed by atoms with van der Waals surface area (Å²) in [5.41, 5.74) is 8.96. The van der Waals surface area contributed by atoms with E-state index in [2.05, 4.69) is 0 Å². The Kier molecular flexibility index (Phi) is 19.4. The smallest absolute Gasteiger partial charge is 0.204 e. The minimum Gasteiger partial charge on any atom is -0.508 e. The normalized spacial score (nSPS) is 23.2. The Hall–Kier alpha value is -12.2. The summed E-state index contributed by atoms with van der Waals surface area (Å²) < 4.78 is 84.0. The number of rotatable bonds is 12. The number of hydrogen-bond acceptors (Lipinski definition) is 24. The Morgan fingerprint density at radius 1 is 0.320 bits per heavy atom. The van der Waals surface area contributed by atoms with Gasteiger partial charge in [-0.2, -0.15) is 0 Å². The number of benzene rings is 8. The number of aryl methyl sites for hydroxylation is 4. The van der Waals surface area contributed by atoms with Gasteiger partial charge < -0.3 is 95.7 Å². The fourth-order valence-electron chi connectivity index (χ4n) is 18.2. The van der Waals surface area contributed by atoms with Crippen LogP contribution in [-0.4, -0.2) is 112 Å². The van der Waals surface area contributed by atoms with E-state index in [-0.39, 0.29) is 171 Å². The van der Waals surface area contributed by atoms with Crippen LogP contribution >= 0.6 is 0 Å². The summed E-state index contributed by atoms with van der Waals surface area (Å²) in [6, 6.07) is 25.3. The molecule has 24 heteroatoms. The van der Waals surface area contributed by atoms with Crippen molar-refractivity contribution in [1.29, 1.82) is 0 Å². The Balaban J connectivity index is 0.000000111. The first-order valence-corrected chi connectivity index (χ1v) is 43.4. The van der Waals surface area contributed by atoms with Gasteiger partial charge in [0.25, 0.3) is 0 Å². The van der Waals surface area contributed by atoms with Crippen LogP contribution in [0.3, 0.4) is 0 Å². The molecule has 0 bridgehead atoms. The Morgan fingerprint density at radius 2 is 0.586 bits per heavy atom. The molecular formula is C104H104O24. The van der Waals surface area contributed by atoms with Gasteiger partial charge in [0.15, 0.2) is 22.3 Å². The number of epoxide rings is 6. The second-order valence-electron chi connectivity index (χ2n) is 39.8. The molecular weight excluding hydrogens is 1630 g/mol. The van der Waals surface area contributed by atoms with Crippen LogP contribution in [0.4, 0.5) is 0 Å². The maximum atomic E-state index is 13.6.